The Bertz CT molecular complexity index is 988. The van der Waals surface area contributed by atoms with Gasteiger partial charge in [0.1, 0.15) is 0 Å². The molecule has 0 aliphatic heterocycles. The smallest absolute Gasteiger partial charge is 0.159 e. The summed E-state index contributed by atoms with van der Waals surface area (Å²) in [6.07, 6.45) is 2.18. The first-order chi connectivity index (χ1) is 13.0. The molecule has 0 unspecified atom stereocenters. The zero-order chi connectivity index (χ0) is 19.4. The standard InChI is InChI=1S/C22H18Cl2N2O/c1-14(27)16-8-6-15(7-9-16)10-20-21(23)11-18(12-22(20)24)19-5-3-2-4-17(19)13-26-25/h2-9,11-13H,10,25H2,1H3. The number of carbonyl (C=O) groups is 1. The fourth-order valence-corrected chi connectivity index (χ4v) is 3.56. The number of nitrogens with two attached hydrogens (primary N) is 1. The fourth-order valence-electron chi connectivity index (χ4n) is 2.94. The third-order valence-corrected chi connectivity index (χ3v) is 5.04. The number of carbonyl (C=O) groups excluding carboxylic acids is 1. The number of halogens is 2. The van der Waals surface area contributed by atoms with E-state index >= 15 is 0 Å². The zero-order valence-corrected chi connectivity index (χ0v) is 16.3. The Hall–Kier alpha value is -2.62. The minimum absolute atomic E-state index is 0.0432. The van der Waals surface area contributed by atoms with Gasteiger partial charge in [0.15, 0.2) is 5.78 Å². The van der Waals surface area contributed by atoms with Crippen molar-refractivity contribution in [3.63, 3.8) is 0 Å². The number of ketones is 1. The minimum Gasteiger partial charge on any atom is -0.323 e. The Labute approximate surface area is 168 Å². The summed E-state index contributed by atoms with van der Waals surface area (Å²) in [5, 5.41) is 4.80. The van der Waals surface area contributed by atoms with E-state index < -0.39 is 0 Å². The van der Waals surface area contributed by atoms with Crippen molar-refractivity contribution in [3.8, 4) is 11.1 Å². The molecule has 0 radical (unpaired) electrons. The Morgan fingerprint density at radius 2 is 1.67 bits per heavy atom. The topological polar surface area (TPSA) is 55.5 Å². The molecule has 5 heteroatoms. The molecule has 136 valence electrons. The SMILES string of the molecule is CC(=O)c1ccc(Cc2c(Cl)cc(-c3ccccc3C=NN)cc2Cl)cc1. The molecule has 0 aliphatic rings. The number of hydrazone groups is 1. The average molecular weight is 397 g/mol. The Morgan fingerprint density at radius 1 is 1.04 bits per heavy atom. The molecule has 0 bridgehead atoms. The van der Waals surface area contributed by atoms with Crippen molar-refractivity contribution >= 4 is 35.2 Å². The van der Waals surface area contributed by atoms with Gasteiger partial charge >= 0.3 is 0 Å². The molecule has 2 N–H and O–H groups in total. The van der Waals surface area contributed by atoms with E-state index in [1.54, 1.807) is 13.1 Å². The van der Waals surface area contributed by atoms with Crippen LogP contribution in [0.5, 0.6) is 0 Å². The Kier molecular flexibility index (Phi) is 5.94. The Morgan fingerprint density at radius 3 is 2.26 bits per heavy atom. The summed E-state index contributed by atoms with van der Waals surface area (Å²) in [5.74, 6) is 5.35. The third-order valence-electron chi connectivity index (χ3n) is 4.37. The van der Waals surface area contributed by atoms with E-state index in [1.807, 2.05) is 60.7 Å². The first-order valence-corrected chi connectivity index (χ1v) is 9.15. The van der Waals surface area contributed by atoms with Gasteiger partial charge in [-0.3, -0.25) is 4.79 Å². The second-order valence-electron chi connectivity index (χ2n) is 6.21. The van der Waals surface area contributed by atoms with Gasteiger partial charge in [0.05, 0.1) is 6.21 Å². The van der Waals surface area contributed by atoms with Crippen LogP contribution >= 0.6 is 23.2 Å². The van der Waals surface area contributed by atoms with Crippen LogP contribution in [0.4, 0.5) is 0 Å². The van der Waals surface area contributed by atoms with Crippen LogP contribution in [0.3, 0.4) is 0 Å². The fraction of sp³-hybridized carbons (Fsp3) is 0.0909. The average Bonchev–Trinajstić information content (AvgIpc) is 2.65. The van der Waals surface area contributed by atoms with E-state index in [4.69, 9.17) is 29.0 Å². The van der Waals surface area contributed by atoms with Gasteiger partial charge in [-0.25, -0.2) is 0 Å². The maximum Gasteiger partial charge on any atom is 0.159 e. The highest BCUT2D eigenvalue weighted by Crippen LogP contribution is 2.34. The highest BCUT2D eigenvalue weighted by Gasteiger charge is 2.12. The van der Waals surface area contributed by atoms with Gasteiger partial charge < -0.3 is 5.84 Å². The van der Waals surface area contributed by atoms with E-state index in [0.717, 1.165) is 27.8 Å². The van der Waals surface area contributed by atoms with Gasteiger partial charge in [0, 0.05) is 27.6 Å². The largest absolute Gasteiger partial charge is 0.323 e. The van der Waals surface area contributed by atoms with Crippen LogP contribution < -0.4 is 5.84 Å². The molecule has 3 aromatic carbocycles. The van der Waals surface area contributed by atoms with Crippen molar-refractivity contribution < 1.29 is 4.79 Å². The molecule has 0 aliphatic carbocycles. The van der Waals surface area contributed by atoms with Crippen LogP contribution in [-0.4, -0.2) is 12.0 Å². The van der Waals surface area contributed by atoms with Crippen LogP contribution in [0.25, 0.3) is 11.1 Å². The summed E-state index contributed by atoms with van der Waals surface area (Å²) in [6.45, 7) is 1.55. The van der Waals surface area contributed by atoms with Gasteiger partial charge in [0.2, 0.25) is 0 Å². The monoisotopic (exact) mass is 396 g/mol. The summed E-state index contributed by atoms with van der Waals surface area (Å²) in [5.41, 5.74) is 5.31. The van der Waals surface area contributed by atoms with Crippen molar-refractivity contribution in [1.29, 1.82) is 0 Å². The van der Waals surface area contributed by atoms with Crippen LogP contribution in [0.2, 0.25) is 10.0 Å². The molecule has 0 fully saturated rings. The lowest BCUT2D eigenvalue weighted by Gasteiger charge is -2.12. The summed E-state index contributed by atoms with van der Waals surface area (Å²) < 4.78 is 0. The maximum absolute atomic E-state index is 11.4. The number of nitrogens with zero attached hydrogens (tertiary/aromatic N) is 1. The number of rotatable bonds is 5. The van der Waals surface area contributed by atoms with Gasteiger partial charge in [-0.15, -0.1) is 0 Å². The molecular formula is C22H18Cl2N2O. The van der Waals surface area contributed by atoms with Crippen LogP contribution in [0.15, 0.2) is 65.8 Å². The van der Waals surface area contributed by atoms with E-state index in [0.29, 0.717) is 22.0 Å². The number of benzene rings is 3. The maximum atomic E-state index is 11.4. The molecule has 3 rings (SSSR count). The van der Waals surface area contributed by atoms with Gasteiger partial charge in [-0.2, -0.15) is 5.10 Å². The zero-order valence-electron chi connectivity index (χ0n) is 14.7. The second kappa shape index (κ2) is 8.38. The van der Waals surface area contributed by atoms with Crippen LogP contribution in [-0.2, 0) is 6.42 Å². The number of hydrogen-bond acceptors (Lipinski definition) is 3. The lowest BCUT2D eigenvalue weighted by Crippen LogP contribution is -1.96. The molecule has 0 aromatic heterocycles. The molecular weight excluding hydrogens is 379 g/mol. The van der Waals surface area contributed by atoms with Gasteiger partial charge in [-0.1, -0.05) is 71.7 Å². The van der Waals surface area contributed by atoms with Crippen molar-refractivity contribution in [3.05, 3.63) is 93.0 Å². The summed E-state index contributed by atoms with van der Waals surface area (Å²) in [4.78, 5) is 11.4. The third kappa shape index (κ3) is 4.38. The van der Waals surface area contributed by atoms with Crippen LogP contribution in [0.1, 0.15) is 34.0 Å². The second-order valence-corrected chi connectivity index (χ2v) is 7.03. The molecule has 3 nitrogen and oxygen atoms in total. The molecule has 27 heavy (non-hydrogen) atoms. The van der Waals surface area contributed by atoms with E-state index in [9.17, 15) is 4.79 Å². The summed E-state index contributed by atoms with van der Waals surface area (Å²) in [6, 6.07) is 19.0. The molecule has 3 aromatic rings. The van der Waals surface area contributed by atoms with Crippen molar-refractivity contribution in [2.24, 2.45) is 10.9 Å². The van der Waals surface area contributed by atoms with Crippen molar-refractivity contribution in [1.82, 2.24) is 0 Å². The molecule has 0 amide bonds. The number of hydrogen-bond donors (Lipinski definition) is 1. The first-order valence-electron chi connectivity index (χ1n) is 8.40. The molecule has 0 saturated heterocycles. The highest BCUT2D eigenvalue weighted by molar-refractivity contribution is 6.36. The first kappa shape index (κ1) is 19.2. The van der Waals surface area contributed by atoms with Gasteiger partial charge in [0.25, 0.3) is 0 Å². The summed E-state index contributed by atoms with van der Waals surface area (Å²) >= 11 is 13.1. The quantitative estimate of drug-likeness (QED) is 0.258. The molecule has 0 heterocycles. The lowest BCUT2D eigenvalue weighted by atomic mass is 9.97. The Balaban J connectivity index is 1.95. The van der Waals surface area contributed by atoms with Gasteiger partial charge in [-0.05, 0) is 41.3 Å². The van der Waals surface area contributed by atoms with E-state index in [-0.39, 0.29) is 5.78 Å². The predicted molar refractivity (Wildman–Crippen MR) is 113 cm³/mol. The number of Topliss-reactive ketones (excluding diaryl/α,β-unsaturated/α-hetero) is 1. The van der Waals surface area contributed by atoms with Crippen molar-refractivity contribution in [2.75, 3.05) is 0 Å². The molecule has 0 atom stereocenters. The van der Waals surface area contributed by atoms with E-state index in [1.165, 1.54) is 0 Å². The normalized spacial score (nSPS) is 11.1. The van der Waals surface area contributed by atoms with Crippen molar-refractivity contribution in [2.45, 2.75) is 13.3 Å². The minimum atomic E-state index is 0.0432. The highest BCUT2D eigenvalue weighted by atomic mass is 35.5. The summed E-state index contributed by atoms with van der Waals surface area (Å²) in [7, 11) is 0. The van der Waals surface area contributed by atoms with E-state index in [2.05, 4.69) is 5.10 Å². The lowest BCUT2D eigenvalue weighted by molar-refractivity contribution is 0.101. The molecule has 0 spiro atoms. The van der Waals surface area contributed by atoms with Crippen LogP contribution in [0, 0.1) is 0 Å². The predicted octanol–water partition coefficient (Wildman–Crippen LogP) is 5.75. The molecule has 0 saturated carbocycles.